The van der Waals surface area contributed by atoms with E-state index in [-0.39, 0.29) is 18.1 Å². The molecule has 2 amide bonds. The van der Waals surface area contributed by atoms with Crippen molar-refractivity contribution in [2.24, 2.45) is 17.6 Å². The summed E-state index contributed by atoms with van der Waals surface area (Å²) >= 11 is 0. The van der Waals surface area contributed by atoms with Gasteiger partial charge in [0.05, 0.1) is 17.4 Å². The van der Waals surface area contributed by atoms with E-state index in [9.17, 15) is 14.7 Å². The zero-order valence-electron chi connectivity index (χ0n) is 17.4. The van der Waals surface area contributed by atoms with Gasteiger partial charge in [0, 0.05) is 31.7 Å². The third-order valence-electron chi connectivity index (χ3n) is 5.90. The Balaban J connectivity index is 1.62. The molecule has 1 aromatic heterocycles. The summed E-state index contributed by atoms with van der Waals surface area (Å²) in [5.74, 6) is 0.906. The summed E-state index contributed by atoms with van der Waals surface area (Å²) < 4.78 is 0. The van der Waals surface area contributed by atoms with Gasteiger partial charge in [-0.15, -0.1) is 0 Å². The molecule has 2 heterocycles. The first-order valence-corrected chi connectivity index (χ1v) is 10.7. The molecular formula is C21H33N5O3. The number of nitrogens with one attached hydrogen (secondary N) is 1. The van der Waals surface area contributed by atoms with Gasteiger partial charge in [-0.25, -0.2) is 9.97 Å². The van der Waals surface area contributed by atoms with Crippen LogP contribution in [0.25, 0.3) is 0 Å². The summed E-state index contributed by atoms with van der Waals surface area (Å²) in [6, 6.07) is 0.146. The van der Waals surface area contributed by atoms with Gasteiger partial charge in [0.15, 0.2) is 0 Å². The van der Waals surface area contributed by atoms with Gasteiger partial charge in [0.25, 0.3) is 5.91 Å². The number of aliphatic hydroxyl groups is 1. The van der Waals surface area contributed by atoms with Crippen LogP contribution in [-0.4, -0.2) is 57.0 Å². The zero-order chi connectivity index (χ0) is 21.0. The Morgan fingerprint density at radius 1 is 1.28 bits per heavy atom. The Morgan fingerprint density at radius 3 is 2.59 bits per heavy atom. The first-order valence-electron chi connectivity index (χ1n) is 10.7. The molecule has 3 rings (SSSR count). The van der Waals surface area contributed by atoms with Crippen LogP contribution in [0, 0.1) is 11.8 Å². The number of nitrogens with zero attached hydrogens (tertiary/aromatic N) is 3. The number of carbonyl (C=O) groups excluding carboxylic acids is 2. The van der Waals surface area contributed by atoms with Gasteiger partial charge >= 0.3 is 0 Å². The molecular weight excluding hydrogens is 370 g/mol. The Morgan fingerprint density at radius 2 is 2.00 bits per heavy atom. The third-order valence-corrected chi connectivity index (χ3v) is 5.90. The van der Waals surface area contributed by atoms with Gasteiger partial charge in [-0.05, 0) is 50.4 Å². The molecule has 1 saturated carbocycles. The second kappa shape index (κ2) is 9.52. The maximum Gasteiger partial charge on any atom is 0.252 e. The average Bonchev–Trinajstić information content (AvgIpc) is 3.06. The quantitative estimate of drug-likeness (QED) is 0.637. The molecule has 8 heteroatoms. The van der Waals surface area contributed by atoms with Crippen molar-refractivity contribution in [1.82, 2.24) is 14.9 Å². The predicted octanol–water partition coefficient (Wildman–Crippen LogP) is 1.73. The van der Waals surface area contributed by atoms with Gasteiger partial charge < -0.3 is 21.1 Å². The molecule has 1 unspecified atom stereocenters. The molecule has 0 spiro atoms. The highest BCUT2D eigenvalue weighted by Gasteiger charge is 2.26. The number of likely N-dealkylation sites (tertiary alicyclic amines) is 1. The minimum Gasteiger partial charge on any atom is -0.393 e. The van der Waals surface area contributed by atoms with E-state index >= 15 is 0 Å². The number of anilines is 1. The Labute approximate surface area is 172 Å². The van der Waals surface area contributed by atoms with Gasteiger partial charge in [-0.3, -0.25) is 9.59 Å². The van der Waals surface area contributed by atoms with Crippen LogP contribution in [0.15, 0.2) is 6.20 Å². The van der Waals surface area contributed by atoms with Crippen molar-refractivity contribution >= 4 is 17.8 Å². The number of hydrogen-bond acceptors (Lipinski definition) is 6. The van der Waals surface area contributed by atoms with E-state index < -0.39 is 5.91 Å². The SMILES string of the molecule is CC(C)CC(=O)N1CCC(Cc2nc(NC3CC[C@@H](O)C3)ncc2C(N)=O)CC1. The molecule has 8 nitrogen and oxygen atoms in total. The lowest BCUT2D eigenvalue weighted by molar-refractivity contribution is -0.133. The van der Waals surface area contributed by atoms with E-state index in [4.69, 9.17) is 5.73 Å². The average molecular weight is 404 g/mol. The molecule has 2 fully saturated rings. The highest BCUT2D eigenvalue weighted by atomic mass is 16.3. The number of hydrogen-bond donors (Lipinski definition) is 3. The van der Waals surface area contributed by atoms with Gasteiger partial charge in [-0.2, -0.15) is 0 Å². The Hall–Kier alpha value is -2.22. The van der Waals surface area contributed by atoms with Crippen LogP contribution in [0.5, 0.6) is 0 Å². The van der Waals surface area contributed by atoms with Crippen molar-refractivity contribution in [2.45, 2.75) is 70.9 Å². The Kier molecular flexibility index (Phi) is 7.05. The first-order chi connectivity index (χ1) is 13.8. The van der Waals surface area contributed by atoms with E-state index in [1.165, 1.54) is 6.20 Å². The van der Waals surface area contributed by atoms with Crippen molar-refractivity contribution in [3.05, 3.63) is 17.5 Å². The minimum absolute atomic E-state index is 0.146. The van der Waals surface area contributed by atoms with Crippen molar-refractivity contribution in [2.75, 3.05) is 18.4 Å². The lowest BCUT2D eigenvalue weighted by atomic mass is 9.90. The number of rotatable bonds is 7. The van der Waals surface area contributed by atoms with E-state index in [1.54, 1.807) is 0 Å². The Bertz CT molecular complexity index is 731. The zero-order valence-corrected chi connectivity index (χ0v) is 17.4. The van der Waals surface area contributed by atoms with Crippen LogP contribution in [0.2, 0.25) is 0 Å². The number of carbonyl (C=O) groups is 2. The number of aliphatic hydroxyl groups excluding tert-OH is 1. The van der Waals surface area contributed by atoms with Crippen LogP contribution in [-0.2, 0) is 11.2 Å². The highest BCUT2D eigenvalue weighted by molar-refractivity contribution is 5.93. The lowest BCUT2D eigenvalue weighted by Gasteiger charge is -2.32. The second-order valence-corrected chi connectivity index (χ2v) is 8.85. The maximum atomic E-state index is 12.3. The van der Waals surface area contributed by atoms with Crippen molar-refractivity contribution in [3.63, 3.8) is 0 Å². The predicted molar refractivity (Wildman–Crippen MR) is 110 cm³/mol. The van der Waals surface area contributed by atoms with Gasteiger partial charge in [-0.1, -0.05) is 13.8 Å². The number of nitrogens with two attached hydrogens (primary N) is 1. The summed E-state index contributed by atoms with van der Waals surface area (Å²) in [6.07, 6.45) is 6.58. The van der Waals surface area contributed by atoms with E-state index in [0.717, 1.165) is 38.8 Å². The van der Waals surface area contributed by atoms with Crippen molar-refractivity contribution in [3.8, 4) is 0 Å². The van der Waals surface area contributed by atoms with Crippen LogP contribution in [0.1, 0.15) is 68.4 Å². The van der Waals surface area contributed by atoms with Crippen LogP contribution >= 0.6 is 0 Å². The fourth-order valence-electron chi connectivity index (χ4n) is 4.26. The molecule has 2 atom stereocenters. The molecule has 0 radical (unpaired) electrons. The van der Waals surface area contributed by atoms with Crippen LogP contribution in [0.4, 0.5) is 5.95 Å². The normalized spacial score (nSPS) is 22.8. The molecule has 0 aromatic carbocycles. The number of aromatic nitrogens is 2. The first kappa shape index (κ1) is 21.5. The maximum absolute atomic E-state index is 12.3. The van der Waals surface area contributed by atoms with Gasteiger partial charge in [0.2, 0.25) is 11.9 Å². The molecule has 1 aliphatic carbocycles. The van der Waals surface area contributed by atoms with Crippen molar-refractivity contribution in [1.29, 1.82) is 0 Å². The molecule has 2 aliphatic rings. The minimum atomic E-state index is -0.521. The summed E-state index contributed by atoms with van der Waals surface area (Å²) in [7, 11) is 0. The van der Waals surface area contributed by atoms with Crippen molar-refractivity contribution < 1.29 is 14.7 Å². The molecule has 1 saturated heterocycles. The third kappa shape index (κ3) is 5.88. The monoisotopic (exact) mass is 403 g/mol. The number of amides is 2. The second-order valence-electron chi connectivity index (χ2n) is 8.85. The largest absolute Gasteiger partial charge is 0.393 e. The fraction of sp³-hybridized carbons (Fsp3) is 0.714. The molecule has 1 aliphatic heterocycles. The van der Waals surface area contributed by atoms with E-state index in [2.05, 4.69) is 29.1 Å². The molecule has 29 heavy (non-hydrogen) atoms. The highest BCUT2D eigenvalue weighted by Crippen LogP contribution is 2.25. The standard InChI is InChI=1S/C21H33N5O3/c1-13(2)9-19(28)26-7-5-14(6-8-26)10-18-17(20(22)29)12-23-21(25-18)24-15-3-4-16(27)11-15/h12-16,27H,3-11H2,1-2H3,(H2,22,29)(H,23,24,25)/t15?,16-/m1/s1. The van der Waals surface area contributed by atoms with Crippen LogP contribution < -0.4 is 11.1 Å². The topological polar surface area (TPSA) is 121 Å². The number of piperidine rings is 1. The smallest absolute Gasteiger partial charge is 0.252 e. The van der Waals surface area contributed by atoms with E-state index in [0.29, 0.717) is 48.3 Å². The lowest BCUT2D eigenvalue weighted by Crippen LogP contribution is -2.39. The fourth-order valence-corrected chi connectivity index (χ4v) is 4.26. The van der Waals surface area contributed by atoms with Crippen LogP contribution in [0.3, 0.4) is 0 Å². The van der Waals surface area contributed by atoms with Gasteiger partial charge in [0.1, 0.15) is 0 Å². The summed E-state index contributed by atoms with van der Waals surface area (Å²) in [5.41, 5.74) is 6.56. The molecule has 4 N–H and O–H groups in total. The summed E-state index contributed by atoms with van der Waals surface area (Å²) in [5, 5.41) is 13.0. The summed E-state index contributed by atoms with van der Waals surface area (Å²) in [6.45, 7) is 5.61. The summed E-state index contributed by atoms with van der Waals surface area (Å²) in [4.78, 5) is 34.9. The molecule has 1 aromatic rings. The van der Waals surface area contributed by atoms with E-state index in [1.807, 2.05) is 4.90 Å². The number of primary amides is 1. The molecule has 0 bridgehead atoms. The molecule has 160 valence electrons.